The summed E-state index contributed by atoms with van der Waals surface area (Å²) in [6, 6.07) is 1.20. The first-order valence-corrected chi connectivity index (χ1v) is 5.84. The lowest BCUT2D eigenvalue weighted by Gasteiger charge is -2.03. The predicted octanol–water partition coefficient (Wildman–Crippen LogP) is 0.406. The van der Waals surface area contributed by atoms with Crippen molar-refractivity contribution in [1.29, 1.82) is 0 Å². The quantitative estimate of drug-likeness (QED) is 0.647. The van der Waals surface area contributed by atoms with Gasteiger partial charge in [-0.15, -0.1) is 0 Å². The molecule has 3 N–H and O–H groups in total. The molecule has 0 saturated heterocycles. The van der Waals surface area contributed by atoms with Gasteiger partial charge in [0.05, 0.1) is 0 Å². The third kappa shape index (κ3) is 4.13. The Labute approximate surface area is 110 Å². The highest BCUT2D eigenvalue weighted by Crippen LogP contribution is 2.16. The SMILES string of the molecule is CCc1oc(C(=O)NCCNC(C)=O)cc1C(=O)O. The summed E-state index contributed by atoms with van der Waals surface area (Å²) < 4.78 is 5.18. The molecule has 1 aromatic heterocycles. The van der Waals surface area contributed by atoms with Crippen molar-refractivity contribution in [3.63, 3.8) is 0 Å². The van der Waals surface area contributed by atoms with Gasteiger partial charge in [-0.05, 0) is 0 Å². The van der Waals surface area contributed by atoms with E-state index in [4.69, 9.17) is 9.52 Å². The van der Waals surface area contributed by atoms with Crippen molar-refractivity contribution in [2.24, 2.45) is 0 Å². The topological polar surface area (TPSA) is 109 Å². The van der Waals surface area contributed by atoms with Gasteiger partial charge >= 0.3 is 5.97 Å². The van der Waals surface area contributed by atoms with Gasteiger partial charge in [0.25, 0.3) is 5.91 Å². The molecule has 2 amide bonds. The van der Waals surface area contributed by atoms with Crippen LogP contribution in [0.15, 0.2) is 10.5 Å². The first-order valence-electron chi connectivity index (χ1n) is 5.84. The Morgan fingerprint density at radius 3 is 2.37 bits per heavy atom. The van der Waals surface area contributed by atoms with Crippen LogP contribution in [0.2, 0.25) is 0 Å². The van der Waals surface area contributed by atoms with Gasteiger partial charge in [0, 0.05) is 32.5 Å². The fourth-order valence-electron chi connectivity index (χ4n) is 1.49. The second kappa shape index (κ2) is 6.58. The zero-order chi connectivity index (χ0) is 14.4. The Balaban J connectivity index is 2.62. The number of aryl methyl sites for hydroxylation is 1. The minimum absolute atomic E-state index is 0.00508. The lowest BCUT2D eigenvalue weighted by Crippen LogP contribution is -2.33. The number of rotatable bonds is 6. The molecule has 0 unspecified atom stereocenters. The first-order chi connectivity index (χ1) is 8.95. The number of carbonyl (C=O) groups is 3. The molecule has 1 rings (SSSR count). The van der Waals surface area contributed by atoms with Crippen LogP contribution in [0.3, 0.4) is 0 Å². The lowest BCUT2D eigenvalue weighted by atomic mass is 10.2. The first kappa shape index (κ1) is 14.7. The summed E-state index contributed by atoms with van der Waals surface area (Å²) in [6.45, 7) is 3.65. The normalized spacial score (nSPS) is 10.0. The van der Waals surface area contributed by atoms with E-state index >= 15 is 0 Å². The van der Waals surface area contributed by atoms with Gasteiger partial charge in [-0.3, -0.25) is 9.59 Å². The molecule has 0 fully saturated rings. The van der Waals surface area contributed by atoms with E-state index in [0.717, 1.165) is 0 Å². The summed E-state index contributed by atoms with van der Waals surface area (Å²) in [5.41, 5.74) is -0.00508. The maximum Gasteiger partial charge on any atom is 0.339 e. The molecule has 0 saturated carbocycles. The van der Waals surface area contributed by atoms with Gasteiger partial charge in [0.1, 0.15) is 11.3 Å². The molecule has 7 heteroatoms. The van der Waals surface area contributed by atoms with E-state index in [0.29, 0.717) is 13.0 Å². The summed E-state index contributed by atoms with van der Waals surface area (Å²) in [6.07, 6.45) is 0.390. The van der Waals surface area contributed by atoms with Crippen molar-refractivity contribution in [1.82, 2.24) is 10.6 Å². The summed E-state index contributed by atoms with van der Waals surface area (Å²) in [5, 5.41) is 14.0. The summed E-state index contributed by atoms with van der Waals surface area (Å²) in [4.78, 5) is 33.2. The molecule has 0 atom stereocenters. The Morgan fingerprint density at radius 2 is 1.89 bits per heavy atom. The number of carboxylic acids is 1. The highest BCUT2D eigenvalue weighted by atomic mass is 16.4. The number of hydrogen-bond acceptors (Lipinski definition) is 4. The van der Waals surface area contributed by atoms with Crippen LogP contribution >= 0.6 is 0 Å². The molecule has 1 heterocycles. The second-order valence-electron chi connectivity index (χ2n) is 3.85. The standard InChI is InChI=1S/C12H16N2O5/c1-3-9-8(12(17)18)6-10(19-9)11(16)14-5-4-13-7(2)15/h6H,3-5H2,1-2H3,(H,13,15)(H,14,16)(H,17,18). The average Bonchev–Trinajstić information content (AvgIpc) is 2.78. The van der Waals surface area contributed by atoms with E-state index < -0.39 is 11.9 Å². The van der Waals surface area contributed by atoms with E-state index in [1.54, 1.807) is 6.92 Å². The number of aromatic carboxylic acids is 1. The molecule has 1 aromatic rings. The second-order valence-corrected chi connectivity index (χ2v) is 3.85. The van der Waals surface area contributed by atoms with Crippen LogP contribution in [0.5, 0.6) is 0 Å². The third-order valence-corrected chi connectivity index (χ3v) is 2.37. The highest BCUT2D eigenvalue weighted by molar-refractivity contribution is 5.96. The van der Waals surface area contributed by atoms with Crippen molar-refractivity contribution in [3.05, 3.63) is 23.2 Å². The zero-order valence-electron chi connectivity index (χ0n) is 10.8. The number of hydrogen-bond donors (Lipinski definition) is 3. The van der Waals surface area contributed by atoms with E-state index in [1.807, 2.05) is 0 Å². The molecule has 0 aliphatic rings. The largest absolute Gasteiger partial charge is 0.478 e. The van der Waals surface area contributed by atoms with Crippen LogP contribution in [-0.4, -0.2) is 36.0 Å². The van der Waals surface area contributed by atoms with Crippen molar-refractivity contribution in [2.45, 2.75) is 20.3 Å². The highest BCUT2D eigenvalue weighted by Gasteiger charge is 2.19. The summed E-state index contributed by atoms with van der Waals surface area (Å²) >= 11 is 0. The molecule has 7 nitrogen and oxygen atoms in total. The van der Waals surface area contributed by atoms with Crippen LogP contribution in [-0.2, 0) is 11.2 Å². The van der Waals surface area contributed by atoms with E-state index in [1.165, 1.54) is 13.0 Å². The maximum absolute atomic E-state index is 11.7. The molecule has 0 aromatic carbocycles. The van der Waals surface area contributed by atoms with Gasteiger partial charge in [-0.25, -0.2) is 4.79 Å². The van der Waals surface area contributed by atoms with Gasteiger partial charge in [0.15, 0.2) is 5.76 Å². The van der Waals surface area contributed by atoms with Crippen molar-refractivity contribution in [3.8, 4) is 0 Å². The fraction of sp³-hybridized carbons (Fsp3) is 0.417. The average molecular weight is 268 g/mol. The molecule has 0 aliphatic heterocycles. The minimum Gasteiger partial charge on any atom is -0.478 e. The molecule has 0 spiro atoms. The van der Waals surface area contributed by atoms with Gasteiger partial charge in [0.2, 0.25) is 5.91 Å². The van der Waals surface area contributed by atoms with Crippen molar-refractivity contribution in [2.75, 3.05) is 13.1 Å². The molecule has 19 heavy (non-hydrogen) atoms. The van der Waals surface area contributed by atoms with Gasteiger partial charge in [-0.2, -0.15) is 0 Å². The van der Waals surface area contributed by atoms with Gasteiger partial charge < -0.3 is 20.2 Å². The molecular formula is C12H16N2O5. The van der Waals surface area contributed by atoms with E-state index in [9.17, 15) is 14.4 Å². The van der Waals surface area contributed by atoms with Crippen molar-refractivity contribution >= 4 is 17.8 Å². The summed E-state index contributed by atoms with van der Waals surface area (Å²) in [5.74, 6) is -1.60. The maximum atomic E-state index is 11.7. The number of nitrogens with one attached hydrogen (secondary N) is 2. The number of furan rings is 1. The van der Waals surface area contributed by atoms with Crippen molar-refractivity contribution < 1.29 is 23.9 Å². The number of carboxylic acid groups (broad SMARTS) is 1. The Bertz CT molecular complexity index is 492. The van der Waals surface area contributed by atoms with Gasteiger partial charge in [-0.1, -0.05) is 6.92 Å². The van der Waals surface area contributed by atoms with Crippen LogP contribution in [0.4, 0.5) is 0 Å². The summed E-state index contributed by atoms with van der Waals surface area (Å²) in [7, 11) is 0. The van der Waals surface area contributed by atoms with Crippen LogP contribution in [0.25, 0.3) is 0 Å². The molecule has 0 aliphatic carbocycles. The number of amides is 2. The molecule has 0 bridgehead atoms. The van der Waals surface area contributed by atoms with Crippen LogP contribution in [0.1, 0.15) is 40.5 Å². The van der Waals surface area contributed by atoms with E-state index in [2.05, 4.69) is 10.6 Å². The zero-order valence-corrected chi connectivity index (χ0v) is 10.8. The van der Waals surface area contributed by atoms with E-state index in [-0.39, 0.29) is 29.5 Å². The smallest absolute Gasteiger partial charge is 0.339 e. The molecular weight excluding hydrogens is 252 g/mol. The Kier molecular flexibility index (Phi) is 5.11. The van der Waals surface area contributed by atoms with Crippen LogP contribution < -0.4 is 10.6 Å². The number of carbonyl (C=O) groups excluding carboxylic acids is 2. The fourth-order valence-corrected chi connectivity index (χ4v) is 1.49. The molecule has 104 valence electrons. The monoisotopic (exact) mass is 268 g/mol. The lowest BCUT2D eigenvalue weighted by molar-refractivity contribution is -0.118. The predicted molar refractivity (Wildman–Crippen MR) is 66.1 cm³/mol. The third-order valence-electron chi connectivity index (χ3n) is 2.37. The minimum atomic E-state index is -1.13. The van der Waals surface area contributed by atoms with Crippen LogP contribution in [0, 0.1) is 0 Å². The molecule has 0 radical (unpaired) electrons. The Hall–Kier alpha value is -2.31. The Morgan fingerprint density at radius 1 is 1.26 bits per heavy atom.